The smallest absolute Gasteiger partial charge is 0.158 e. The van der Waals surface area contributed by atoms with E-state index in [1.54, 1.807) is 6.08 Å². The molecule has 0 bridgehead atoms. The maximum Gasteiger partial charge on any atom is 0.158 e. The van der Waals surface area contributed by atoms with Gasteiger partial charge in [-0.1, -0.05) is 26.2 Å². The Bertz CT molecular complexity index is 231. The van der Waals surface area contributed by atoms with Crippen molar-refractivity contribution in [2.24, 2.45) is 0 Å². The van der Waals surface area contributed by atoms with Gasteiger partial charge in [0.15, 0.2) is 5.78 Å². The Morgan fingerprint density at radius 2 is 2.27 bits per heavy atom. The molecular formula is C13H22O2. The number of Topliss-reactive ketones (excluding diaryl/α,β-unsaturated/α-hetero) is 1. The van der Waals surface area contributed by atoms with E-state index in [1.807, 2.05) is 0 Å². The van der Waals surface area contributed by atoms with Gasteiger partial charge in [0.1, 0.15) is 0 Å². The highest BCUT2D eigenvalue weighted by atomic mass is 16.3. The molecule has 0 aromatic heterocycles. The van der Waals surface area contributed by atoms with Gasteiger partial charge < -0.3 is 5.11 Å². The number of carbonyl (C=O) groups is 1. The van der Waals surface area contributed by atoms with Crippen molar-refractivity contribution in [1.82, 2.24) is 0 Å². The van der Waals surface area contributed by atoms with Crippen molar-refractivity contribution in [1.29, 1.82) is 0 Å². The molecule has 2 heteroatoms. The van der Waals surface area contributed by atoms with Crippen LogP contribution in [0.15, 0.2) is 11.6 Å². The van der Waals surface area contributed by atoms with Gasteiger partial charge in [-0.3, -0.25) is 4.79 Å². The number of unbranched alkanes of at least 4 members (excludes halogenated alkanes) is 3. The van der Waals surface area contributed by atoms with Gasteiger partial charge in [0.25, 0.3) is 0 Å². The molecule has 0 heterocycles. The van der Waals surface area contributed by atoms with E-state index in [-0.39, 0.29) is 11.9 Å². The molecule has 0 saturated heterocycles. The standard InChI is InChI=1S/C13H22O2/c1-2-3-4-5-9-13(15)11-7-6-8-12(14)10-11/h10,12,14H,2-9H2,1H3. The summed E-state index contributed by atoms with van der Waals surface area (Å²) in [6, 6.07) is 0. The van der Waals surface area contributed by atoms with Crippen LogP contribution < -0.4 is 0 Å². The first-order valence-corrected chi connectivity index (χ1v) is 6.16. The first-order valence-electron chi connectivity index (χ1n) is 6.16. The molecule has 0 fully saturated rings. The van der Waals surface area contributed by atoms with Crippen LogP contribution in [0.3, 0.4) is 0 Å². The van der Waals surface area contributed by atoms with Gasteiger partial charge in [0.2, 0.25) is 0 Å². The summed E-state index contributed by atoms with van der Waals surface area (Å²) in [4.78, 5) is 11.7. The summed E-state index contributed by atoms with van der Waals surface area (Å²) in [6.07, 6.45) is 9.24. The monoisotopic (exact) mass is 210 g/mol. The highest BCUT2D eigenvalue weighted by Gasteiger charge is 2.15. The van der Waals surface area contributed by atoms with Crippen LogP contribution in [0, 0.1) is 0 Å². The van der Waals surface area contributed by atoms with Gasteiger partial charge in [-0.2, -0.15) is 0 Å². The molecule has 0 aromatic carbocycles. The van der Waals surface area contributed by atoms with Gasteiger partial charge >= 0.3 is 0 Å². The molecule has 0 amide bonds. The maximum atomic E-state index is 11.7. The summed E-state index contributed by atoms with van der Waals surface area (Å²) in [6.45, 7) is 2.17. The van der Waals surface area contributed by atoms with Crippen LogP contribution in [0.4, 0.5) is 0 Å². The maximum absolute atomic E-state index is 11.7. The number of aliphatic hydroxyl groups is 1. The summed E-state index contributed by atoms with van der Waals surface area (Å²) >= 11 is 0. The molecule has 1 aliphatic carbocycles. The van der Waals surface area contributed by atoms with Crippen LogP contribution in [0.25, 0.3) is 0 Å². The third-order valence-electron chi connectivity index (χ3n) is 2.96. The van der Waals surface area contributed by atoms with Crippen LogP contribution in [-0.4, -0.2) is 17.0 Å². The number of carbonyl (C=O) groups excluding carboxylic acids is 1. The number of rotatable bonds is 6. The molecule has 2 nitrogen and oxygen atoms in total. The molecule has 1 unspecified atom stereocenters. The predicted octanol–water partition coefficient (Wildman–Crippen LogP) is 3.00. The molecule has 0 aromatic rings. The number of allylic oxidation sites excluding steroid dienone is 1. The highest BCUT2D eigenvalue weighted by molar-refractivity contribution is 5.95. The quantitative estimate of drug-likeness (QED) is 0.684. The summed E-state index contributed by atoms with van der Waals surface area (Å²) in [5, 5.41) is 9.41. The Labute approximate surface area is 92.4 Å². The number of hydrogen-bond acceptors (Lipinski definition) is 2. The van der Waals surface area contributed by atoms with Crippen molar-refractivity contribution in [2.75, 3.05) is 0 Å². The Hall–Kier alpha value is -0.630. The summed E-state index contributed by atoms with van der Waals surface area (Å²) in [7, 11) is 0. The zero-order valence-corrected chi connectivity index (χ0v) is 9.67. The van der Waals surface area contributed by atoms with Crippen molar-refractivity contribution < 1.29 is 9.90 Å². The van der Waals surface area contributed by atoms with E-state index in [0.29, 0.717) is 6.42 Å². The zero-order chi connectivity index (χ0) is 11.1. The van der Waals surface area contributed by atoms with Crippen molar-refractivity contribution in [3.8, 4) is 0 Å². The van der Waals surface area contributed by atoms with Crippen molar-refractivity contribution >= 4 is 5.78 Å². The Kier molecular flexibility index (Phi) is 5.62. The average Bonchev–Trinajstić information content (AvgIpc) is 2.24. The molecule has 1 atom stereocenters. The summed E-state index contributed by atoms with van der Waals surface area (Å²) < 4.78 is 0. The lowest BCUT2D eigenvalue weighted by molar-refractivity contribution is -0.116. The fraction of sp³-hybridized carbons (Fsp3) is 0.769. The van der Waals surface area contributed by atoms with Crippen LogP contribution in [0.5, 0.6) is 0 Å². The van der Waals surface area contributed by atoms with Crippen molar-refractivity contribution in [3.05, 3.63) is 11.6 Å². The molecule has 0 radical (unpaired) electrons. The second-order valence-corrected chi connectivity index (χ2v) is 4.39. The van der Waals surface area contributed by atoms with E-state index >= 15 is 0 Å². The van der Waals surface area contributed by atoms with E-state index in [4.69, 9.17) is 0 Å². The minimum absolute atomic E-state index is 0.254. The van der Waals surface area contributed by atoms with Gasteiger partial charge in [-0.05, 0) is 37.3 Å². The zero-order valence-electron chi connectivity index (χ0n) is 9.67. The second kappa shape index (κ2) is 6.78. The molecule has 1 N–H and O–H groups in total. The SMILES string of the molecule is CCCCCCC(=O)C1=CC(O)CCC1. The molecule has 0 aliphatic heterocycles. The van der Waals surface area contributed by atoms with E-state index in [1.165, 1.54) is 12.8 Å². The molecule has 1 rings (SSSR count). The first kappa shape index (κ1) is 12.4. The third kappa shape index (κ3) is 4.61. The Balaban J connectivity index is 2.27. The number of hydrogen-bond donors (Lipinski definition) is 1. The van der Waals surface area contributed by atoms with E-state index in [0.717, 1.165) is 37.7 Å². The van der Waals surface area contributed by atoms with Gasteiger partial charge in [-0.25, -0.2) is 0 Å². The van der Waals surface area contributed by atoms with E-state index < -0.39 is 0 Å². The minimum Gasteiger partial charge on any atom is -0.389 e. The lowest BCUT2D eigenvalue weighted by Gasteiger charge is -2.15. The molecule has 86 valence electrons. The van der Waals surface area contributed by atoms with Crippen LogP contribution in [-0.2, 0) is 4.79 Å². The molecule has 0 spiro atoms. The highest BCUT2D eigenvalue weighted by Crippen LogP contribution is 2.20. The Morgan fingerprint density at radius 3 is 2.93 bits per heavy atom. The molecule has 0 saturated carbocycles. The Morgan fingerprint density at radius 1 is 1.47 bits per heavy atom. The first-order chi connectivity index (χ1) is 7.24. The lowest BCUT2D eigenvalue weighted by Crippen LogP contribution is -2.14. The van der Waals surface area contributed by atoms with Crippen LogP contribution in [0.1, 0.15) is 58.3 Å². The van der Waals surface area contributed by atoms with E-state index in [2.05, 4.69) is 6.92 Å². The van der Waals surface area contributed by atoms with E-state index in [9.17, 15) is 9.90 Å². The molecule has 15 heavy (non-hydrogen) atoms. The van der Waals surface area contributed by atoms with Crippen molar-refractivity contribution in [3.63, 3.8) is 0 Å². The summed E-state index contributed by atoms with van der Waals surface area (Å²) in [5.74, 6) is 0.254. The fourth-order valence-electron chi connectivity index (χ4n) is 2.01. The second-order valence-electron chi connectivity index (χ2n) is 4.39. The minimum atomic E-state index is -0.381. The van der Waals surface area contributed by atoms with Crippen LogP contribution in [0.2, 0.25) is 0 Å². The predicted molar refractivity (Wildman–Crippen MR) is 61.7 cm³/mol. The third-order valence-corrected chi connectivity index (χ3v) is 2.96. The number of aliphatic hydroxyl groups excluding tert-OH is 1. The average molecular weight is 210 g/mol. The normalized spacial score (nSPS) is 21.2. The van der Waals surface area contributed by atoms with Crippen molar-refractivity contribution in [2.45, 2.75) is 64.4 Å². The topological polar surface area (TPSA) is 37.3 Å². The molecular weight excluding hydrogens is 188 g/mol. The summed E-state index contributed by atoms with van der Waals surface area (Å²) in [5.41, 5.74) is 0.866. The van der Waals surface area contributed by atoms with Gasteiger partial charge in [0.05, 0.1) is 6.10 Å². The van der Waals surface area contributed by atoms with Gasteiger partial charge in [-0.15, -0.1) is 0 Å². The number of ketones is 1. The lowest BCUT2D eigenvalue weighted by atomic mass is 9.92. The van der Waals surface area contributed by atoms with Crippen LogP contribution >= 0.6 is 0 Å². The fourth-order valence-corrected chi connectivity index (χ4v) is 2.01. The van der Waals surface area contributed by atoms with Gasteiger partial charge in [0, 0.05) is 6.42 Å². The largest absolute Gasteiger partial charge is 0.389 e. The molecule has 1 aliphatic rings.